The van der Waals surface area contributed by atoms with Crippen LogP contribution in [0.25, 0.3) is 121 Å². The Morgan fingerprint density at radius 3 is 1.22 bits per heavy atom. The van der Waals surface area contributed by atoms with Gasteiger partial charge >= 0.3 is 0 Å². The molecule has 0 saturated carbocycles. The van der Waals surface area contributed by atoms with Crippen molar-refractivity contribution in [3.05, 3.63) is 194 Å². The predicted octanol–water partition coefficient (Wildman–Crippen LogP) is 15.0. The molecule has 0 aliphatic carbocycles. The molecule has 0 saturated heterocycles. The van der Waals surface area contributed by atoms with Gasteiger partial charge in [0.1, 0.15) is 22.3 Å². The lowest BCUT2D eigenvalue weighted by Gasteiger charge is -2.11. The second kappa shape index (κ2) is 11.8. The summed E-state index contributed by atoms with van der Waals surface area (Å²) in [5, 5.41) is 9.39. The lowest BCUT2D eigenvalue weighted by Crippen LogP contribution is -1.95. The van der Waals surface area contributed by atoms with Gasteiger partial charge in [0.25, 0.3) is 0 Å². The highest BCUT2D eigenvalue weighted by atomic mass is 16.3. The van der Waals surface area contributed by atoms with E-state index >= 15 is 0 Å². The highest BCUT2D eigenvalue weighted by Gasteiger charge is 2.19. The van der Waals surface area contributed by atoms with Crippen molar-refractivity contribution >= 4 is 87.5 Å². The lowest BCUT2D eigenvalue weighted by molar-refractivity contribution is 0.668. The summed E-state index contributed by atoms with van der Waals surface area (Å²) in [7, 11) is 0. The number of rotatable bonds is 4. The maximum Gasteiger partial charge on any atom is 0.135 e. The van der Waals surface area contributed by atoms with Gasteiger partial charge in [0.05, 0.1) is 22.1 Å². The third kappa shape index (κ3) is 4.45. The second-order valence-electron chi connectivity index (χ2n) is 15.3. The van der Waals surface area contributed by atoms with Gasteiger partial charge in [-0.1, -0.05) is 109 Å². The predicted molar refractivity (Wildman–Crippen MR) is 241 cm³/mol. The molecule has 13 aromatic rings. The van der Waals surface area contributed by atoms with Crippen molar-refractivity contribution in [3.63, 3.8) is 0 Å². The van der Waals surface area contributed by atoms with E-state index in [9.17, 15) is 0 Å². The molecule has 13 rings (SSSR count). The number of nitrogens with zero attached hydrogens (tertiary/aromatic N) is 2. The Labute approximate surface area is 332 Å². The van der Waals surface area contributed by atoms with Gasteiger partial charge in [-0.2, -0.15) is 0 Å². The maximum atomic E-state index is 6.49. The summed E-state index contributed by atoms with van der Waals surface area (Å²) in [5.74, 6) is 0. The van der Waals surface area contributed by atoms with Crippen LogP contribution in [0.3, 0.4) is 0 Å². The number of furan rings is 2. The van der Waals surface area contributed by atoms with Gasteiger partial charge in [0.15, 0.2) is 0 Å². The Bertz CT molecular complexity index is 3760. The van der Waals surface area contributed by atoms with Crippen LogP contribution in [-0.4, -0.2) is 9.13 Å². The van der Waals surface area contributed by atoms with Crippen LogP contribution in [-0.2, 0) is 0 Å². The maximum absolute atomic E-state index is 6.49. The van der Waals surface area contributed by atoms with E-state index in [1.807, 2.05) is 12.1 Å². The first-order chi connectivity index (χ1) is 28.7. The monoisotopic (exact) mass is 740 g/mol. The average Bonchev–Trinajstić information content (AvgIpc) is 4.03. The van der Waals surface area contributed by atoms with Gasteiger partial charge < -0.3 is 18.0 Å². The molecule has 0 bridgehead atoms. The molecule has 4 nitrogen and oxygen atoms in total. The molecule has 9 aromatic carbocycles. The Hall–Kier alpha value is -7.82. The number of para-hydroxylation sites is 4. The Balaban J connectivity index is 0.966. The molecule has 4 heteroatoms. The molecular weight excluding hydrogens is 709 g/mol. The highest BCUT2D eigenvalue weighted by molar-refractivity contribution is 6.13. The molecule has 0 radical (unpaired) electrons. The summed E-state index contributed by atoms with van der Waals surface area (Å²) in [6, 6.07) is 69.7. The van der Waals surface area contributed by atoms with Crippen LogP contribution in [0.2, 0.25) is 0 Å². The minimum absolute atomic E-state index is 0.871. The van der Waals surface area contributed by atoms with Crippen molar-refractivity contribution < 1.29 is 8.83 Å². The van der Waals surface area contributed by atoms with Gasteiger partial charge in [-0.3, -0.25) is 0 Å². The number of benzene rings is 9. The molecule has 0 spiro atoms. The van der Waals surface area contributed by atoms with Gasteiger partial charge in [0.2, 0.25) is 0 Å². The van der Waals surface area contributed by atoms with Crippen molar-refractivity contribution in [2.45, 2.75) is 0 Å². The van der Waals surface area contributed by atoms with E-state index in [0.29, 0.717) is 0 Å². The standard InChI is InChI=1S/C54H32N2O2/c1-2-12-38(37(11-1)33-21-26-52-44(29-33)42-16-6-10-20-51(42)57-52)34-22-27-53-45(30-34)46-32-36(24-28-54(46)58-53)56-49-19-9-5-15-41(49)43-31-35(23-25-50(43)56)55-47-17-7-3-13-39(47)40-14-4-8-18-48(40)55/h1-32H. The minimum atomic E-state index is 0.871. The lowest BCUT2D eigenvalue weighted by atomic mass is 9.93. The number of aromatic nitrogens is 2. The molecule has 270 valence electrons. The van der Waals surface area contributed by atoms with Crippen LogP contribution in [0.15, 0.2) is 203 Å². The molecule has 4 heterocycles. The first-order valence-electron chi connectivity index (χ1n) is 19.7. The van der Waals surface area contributed by atoms with Crippen molar-refractivity contribution in [3.8, 4) is 33.6 Å². The molecule has 0 aliphatic rings. The fourth-order valence-electron chi connectivity index (χ4n) is 9.53. The molecule has 0 amide bonds. The van der Waals surface area contributed by atoms with E-state index < -0.39 is 0 Å². The smallest absolute Gasteiger partial charge is 0.135 e. The number of hydrogen-bond acceptors (Lipinski definition) is 2. The van der Waals surface area contributed by atoms with E-state index in [1.54, 1.807) is 0 Å². The average molecular weight is 741 g/mol. The molecule has 58 heavy (non-hydrogen) atoms. The van der Waals surface area contributed by atoms with Crippen molar-refractivity contribution in [1.82, 2.24) is 9.13 Å². The van der Waals surface area contributed by atoms with Crippen LogP contribution < -0.4 is 0 Å². The van der Waals surface area contributed by atoms with Gasteiger partial charge in [-0.05, 0) is 107 Å². The fraction of sp³-hybridized carbons (Fsp3) is 0. The zero-order valence-corrected chi connectivity index (χ0v) is 31.2. The van der Waals surface area contributed by atoms with Gasteiger partial charge in [0, 0.05) is 54.5 Å². The van der Waals surface area contributed by atoms with Crippen molar-refractivity contribution in [1.29, 1.82) is 0 Å². The van der Waals surface area contributed by atoms with Gasteiger partial charge in [-0.15, -0.1) is 0 Å². The van der Waals surface area contributed by atoms with Crippen LogP contribution in [0, 0.1) is 0 Å². The van der Waals surface area contributed by atoms with Gasteiger partial charge in [-0.25, -0.2) is 0 Å². The zero-order valence-electron chi connectivity index (χ0n) is 31.2. The molecule has 0 atom stereocenters. The first-order valence-corrected chi connectivity index (χ1v) is 19.7. The van der Waals surface area contributed by atoms with Crippen LogP contribution in [0.5, 0.6) is 0 Å². The molecule has 0 fully saturated rings. The second-order valence-corrected chi connectivity index (χ2v) is 15.3. The fourth-order valence-corrected chi connectivity index (χ4v) is 9.53. The van der Waals surface area contributed by atoms with Crippen LogP contribution in [0.1, 0.15) is 0 Å². The molecule has 0 unspecified atom stereocenters. The van der Waals surface area contributed by atoms with E-state index in [4.69, 9.17) is 8.83 Å². The summed E-state index contributed by atoms with van der Waals surface area (Å²) in [6.07, 6.45) is 0. The van der Waals surface area contributed by atoms with E-state index in [0.717, 1.165) is 71.9 Å². The molecular formula is C54H32N2O2. The van der Waals surface area contributed by atoms with Crippen molar-refractivity contribution in [2.75, 3.05) is 0 Å². The summed E-state index contributed by atoms with van der Waals surface area (Å²) in [4.78, 5) is 0. The quantitative estimate of drug-likeness (QED) is 0.180. The molecule has 4 aromatic heterocycles. The largest absolute Gasteiger partial charge is 0.456 e. The SMILES string of the molecule is c1ccc(-c2ccc3oc4ccc(-n5c6ccccc6c6cc(-n7c8ccccc8c8ccccc87)ccc65)cc4c3c2)c(-c2ccc3oc4ccccc4c3c2)c1. The molecule has 0 N–H and O–H groups in total. The normalized spacial score (nSPS) is 12.1. The van der Waals surface area contributed by atoms with Crippen LogP contribution in [0.4, 0.5) is 0 Å². The Kier molecular flexibility index (Phi) is 6.41. The van der Waals surface area contributed by atoms with E-state index in [2.05, 4.69) is 191 Å². The van der Waals surface area contributed by atoms with E-state index in [-0.39, 0.29) is 0 Å². The summed E-state index contributed by atoms with van der Waals surface area (Å²) in [5.41, 5.74) is 15.2. The van der Waals surface area contributed by atoms with Crippen molar-refractivity contribution in [2.24, 2.45) is 0 Å². The highest BCUT2D eigenvalue weighted by Crippen LogP contribution is 2.41. The number of hydrogen-bond donors (Lipinski definition) is 0. The topological polar surface area (TPSA) is 36.1 Å². The third-order valence-electron chi connectivity index (χ3n) is 12.1. The van der Waals surface area contributed by atoms with E-state index in [1.165, 1.54) is 49.2 Å². The third-order valence-corrected chi connectivity index (χ3v) is 12.1. The van der Waals surface area contributed by atoms with Crippen LogP contribution >= 0.6 is 0 Å². The number of fused-ring (bicyclic) bond motifs is 12. The zero-order chi connectivity index (χ0) is 37.9. The first kappa shape index (κ1) is 31.4. The summed E-state index contributed by atoms with van der Waals surface area (Å²) < 4.78 is 17.4. The summed E-state index contributed by atoms with van der Waals surface area (Å²) in [6.45, 7) is 0. The molecule has 0 aliphatic heterocycles. The minimum Gasteiger partial charge on any atom is -0.456 e. The Morgan fingerprint density at radius 1 is 0.259 bits per heavy atom. The summed E-state index contributed by atoms with van der Waals surface area (Å²) >= 11 is 0. The Morgan fingerprint density at radius 2 is 0.638 bits per heavy atom.